The van der Waals surface area contributed by atoms with Crippen molar-refractivity contribution >= 4 is 10.0 Å². The number of rotatable bonds is 5. The highest BCUT2D eigenvalue weighted by molar-refractivity contribution is 7.89. The smallest absolute Gasteiger partial charge is 0.211 e. The molecule has 1 atom stereocenters. The van der Waals surface area contributed by atoms with E-state index in [0.717, 1.165) is 32.2 Å². The van der Waals surface area contributed by atoms with Crippen LogP contribution >= 0.6 is 0 Å². The van der Waals surface area contributed by atoms with E-state index < -0.39 is 10.0 Å². The molecule has 1 unspecified atom stereocenters. The largest absolute Gasteiger partial charge is 0.314 e. The van der Waals surface area contributed by atoms with Crippen molar-refractivity contribution in [2.75, 3.05) is 12.3 Å². The Hall–Kier alpha value is -0.130. The Bertz CT molecular complexity index is 268. The van der Waals surface area contributed by atoms with Gasteiger partial charge in [0, 0.05) is 12.1 Å². The molecule has 2 aliphatic rings. The third-order valence-electron chi connectivity index (χ3n) is 2.58. The van der Waals surface area contributed by atoms with Crippen LogP contribution in [0.15, 0.2) is 0 Å². The minimum atomic E-state index is -2.98. The van der Waals surface area contributed by atoms with Crippen molar-refractivity contribution in [1.29, 1.82) is 0 Å². The summed E-state index contributed by atoms with van der Waals surface area (Å²) in [4.78, 5) is 0. The molecule has 0 spiro atoms. The van der Waals surface area contributed by atoms with Crippen LogP contribution in [0.25, 0.3) is 0 Å². The van der Waals surface area contributed by atoms with E-state index in [4.69, 9.17) is 0 Å². The second kappa shape index (κ2) is 3.55. The van der Waals surface area contributed by atoms with Crippen molar-refractivity contribution in [2.45, 2.75) is 37.8 Å². The van der Waals surface area contributed by atoms with Crippen LogP contribution in [0.1, 0.15) is 25.7 Å². The second-order valence-electron chi connectivity index (χ2n) is 3.94. The molecule has 2 rings (SSSR count). The third-order valence-corrected chi connectivity index (χ3v) is 4.05. The first-order valence-corrected chi connectivity index (χ1v) is 6.54. The summed E-state index contributed by atoms with van der Waals surface area (Å²) >= 11 is 0. The molecule has 0 radical (unpaired) electrons. The molecule has 0 aromatic carbocycles. The molecule has 1 saturated carbocycles. The highest BCUT2D eigenvalue weighted by Gasteiger charge is 2.27. The molecule has 0 aromatic heterocycles. The van der Waals surface area contributed by atoms with Gasteiger partial charge >= 0.3 is 0 Å². The Morgan fingerprint density at radius 1 is 1.31 bits per heavy atom. The Labute approximate surface area is 79.1 Å². The first kappa shape index (κ1) is 9.43. The second-order valence-corrected chi connectivity index (χ2v) is 5.81. The van der Waals surface area contributed by atoms with E-state index in [1.165, 1.54) is 0 Å². The van der Waals surface area contributed by atoms with Gasteiger partial charge in [-0.25, -0.2) is 13.1 Å². The number of nitrogens with one attached hydrogen (secondary N) is 2. The van der Waals surface area contributed by atoms with E-state index in [1.807, 2.05) is 0 Å². The van der Waals surface area contributed by atoms with Crippen LogP contribution in [0.2, 0.25) is 0 Å². The zero-order valence-corrected chi connectivity index (χ0v) is 8.44. The Morgan fingerprint density at radius 3 is 2.46 bits per heavy atom. The SMILES string of the molecule is O=S(=O)(CCC1CCN1)NC1CC1. The normalized spacial score (nSPS) is 28.5. The van der Waals surface area contributed by atoms with Gasteiger partial charge in [-0.15, -0.1) is 0 Å². The predicted octanol–water partition coefficient (Wildman–Crippen LogP) is -0.180. The van der Waals surface area contributed by atoms with Crippen molar-refractivity contribution in [3.63, 3.8) is 0 Å². The maximum atomic E-state index is 11.4. The molecule has 76 valence electrons. The fraction of sp³-hybridized carbons (Fsp3) is 1.00. The maximum absolute atomic E-state index is 11.4. The van der Waals surface area contributed by atoms with Gasteiger partial charge in [0.05, 0.1) is 5.75 Å². The highest BCUT2D eigenvalue weighted by Crippen LogP contribution is 2.20. The van der Waals surface area contributed by atoms with E-state index in [0.29, 0.717) is 6.04 Å². The molecule has 0 amide bonds. The fourth-order valence-corrected chi connectivity index (χ4v) is 2.86. The van der Waals surface area contributed by atoms with Gasteiger partial charge in [-0.2, -0.15) is 0 Å². The zero-order chi connectivity index (χ0) is 9.31. The van der Waals surface area contributed by atoms with Crippen molar-refractivity contribution in [3.05, 3.63) is 0 Å². The van der Waals surface area contributed by atoms with Gasteiger partial charge in [0.15, 0.2) is 0 Å². The summed E-state index contributed by atoms with van der Waals surface area (Å²) in [5, 5.41) is 3.19. The van der Waals surface area contributed by atoms with Gasteiger partial charge in [-0.1, -0.05) is 0 Å². The molecule has 0 aromatic rings. The molecule has 1 saturated heterocycles. The van der Waals surface area contributed by atoms with Crippen molar-refractivity contribution in [2.24, 2.45) is 0 Å². The van der Waals surface area contributed by atoms with E-state index in [1.54, 1.807) is 0 Å². The van der Waals surface area contributed by atoms with Gasteiger partial charge < -0.3 is 5.32 Å². The summed E-state index contributed by atoms with van der Waals surface area (Å²) in [7, 11) is -2.98. The lowest BCUT2D eigenvalue weighted by Gasteiger charge is -2.27. The number of hydrogen-bond acceptors (Lipinski definition) is 3. The van der Waals surface area contributed by atoms with Gasteiger partial charge in [0.25, 0.3) is 0 Å². The third kappa shape index (κ3) is 2.93. The quantitative estimate of drug-likeness (QED) is 0.653. The number of sulfonamides is 1. The van der Waals surface area contributed by atoms with Crippen LogP contribution in [0.4, 0.5) is 0 Å². The van der Waals surface area contributed by atoms with E-state index in [2.05, 4.69) is 10.0 Å². The summed E-state index contributed by atoms with van der Waals surface area (Å²) < 4.78 is 25.5. The summed E-state index contributed by atoms with van der Waals surface area (Å²) in [5.74, 6) is 0.279. The molecule has 13 heavy (non-hydrogen) atoms. The van der Waals surface area contributed by atoms with E-state index in [-0.39, 0.29) is 11.8 Å². The first-order chi connectivity index (χ1) is 6.16. The Balaban J connectivity index is 1.71. The topological polar surface area (TPSA) is 58.2 Å². The summed E-state index contributed by atoms with van der Waals surface area (Å²) in [5.41, 5.74) is 0. The summed E-state index contributed by atoms with van der Waals surface area (Å²) in [6, 6.07) is 0.690. The molecule has 5 heteroatoms. The maximum Gasteiger partial charge on any atom is 0.211 e. The van der Waals surface area contributed by atoms with E-state index in [9.17, 15) is 8.42 Å². The molecule has 1 aliphatic carbocycles. The highest BCUT2D eigenvalue weighted by atomic mass is 32.2. The van der Waals surface area contributed by atoms with Crippen LogP contribution in [0, 0.1) is 0 Å². The van der Waals surface area contributed by atoms with Crippen molar-refractivity contribution in [3.8, 4) is 0 Å². The molecule has 1 heterocycles. The van der Waals surface area contributed by atoms with Crippen molar-refractivity contribution in [1.82, 2.24) is 10.0 Å². The van der Waals surface area contributed by atoms with E-state index >= 15 is 0 Å². The standard InChI is InChI=1S/C8H16N2O2S/c11-13(12,10-8-1-2-8)6-4-7-3-5-9-7/h7-10H,1-6H2. The molecule has 2 N–H and O–H groups in total. The van der Waals surface area contributed by atoms with Gasteiger partial charge in [-0.3, -0.25) is 0 Å². The van der Waals surface area contributed by atoms with Crippen molar-refractivity contribution < 1.29 is 8.42 Å². The summed E-state index contributed by atoms with van der Waals surface area (Å²) in [6.07, 6.45) is 3.91. The minimum absolute atomic E-state index is 0.249. The predicted molar refractivity (Wildman–Crippen MR) is 51.0 cm³/mol. The van der Waals surface area contributed by atoms with Gasteiger partial charge in [0.2, 0.25) is 10.0 Å². The molecular weight excluding hydrogens is 188 g/mol. The monoisotopic (exact) mass is 204 g/mol. The molecule has 1 aliphatic heterocycles. The zero-order valence-electron chi connectivity index (χ0n) is 7.62. The lowest BCUT2D eigenvalue weighted by molar-refractivity contribution is 0.361. The average Bonchev–Trinajstić information content (AvgIpc) is 2.66. The van der Waals surface area contributed by atoms with Crippen LogP contribution in [-0.2, 0) is 10.0 Å². The van der Waals surface area contributed by atoms with Gasteiger partial charge in [-0.05, 0) is 32.2 Å². The summed E-state index contributed by atoms with van der Waals surface area (Å²) in [6.45, 7) is 1.04. The van der Waals surface area contributed by atoms with Crippen LogP contribution in [0.3, 0.4) is 0 Å². The lowest BCUT2D eigenvalue weighted by Crippen LogP contribution is -2.44. The average molecular weight is 204 g/mol. The van der Waals surface area contributed by atoms with Crippen LogP contribution < -0.4 is 10.0 Å². The fourth-order valence-electron chi connectivity index (χ4n) is 1.41. The Kier molecular flexibility index (Phi) is 2.58. The van der Waals surface area contributed by atoms with Gasteiger partial charge in [0.1, 0.15) is 0 Å². The minimum Gasteiger partial charge on any atom is -0.314 e. The number of hydrogen-bond donors (Lipinski definition) is 2. The molecule has 4 nitrogen and oxygen atoms in total. The van der Waals surface area contributed by atoms with Crippen LogP contribution in [0.5, 0.6) is 0 Å². The molecule has 2 fully saturated rings. The van der Waals surface area contributed by atoms with Crippen LogP contribution in [-0.4, -0.2) is 32.8 Å². The lowest BCUT2D eigenvalue weighted by atomic mass is 10.1. The Morgan fingerprint density at radius 2 is 2.00 bits per heavy atom. The molecule has 0 bridgehead atoms. The molecular formula is C8H16N2O2S. The first-order valence-electron chi connectivity index (χ1n) is 4.89.